The van der Waals surface area contributed by atoms with Crippen LogP contribution in [-0.4, -0.2) is 113 Å². The lowest BCUT2D eigenvalue weighted by atomic mass is 9.62. The van der Waals surface area contributed by atoms with Gasteiger partial charge >= 0.3 is 0 Å². The molecule has 2 aromatic rings. The molecule has 0 radical (unpaired) electrons. The van der Waals surface area contributed by atoms with Gasteiger partial charge in [-0.1, -0.05) is 31.0 Å². The molecule has 0 aromatic heterocycles. The third-order valence-electron chi connectivity index (χ3n) is 14.1. The average molecular weight is 783 g/mol. The summed E-state index contributed by atoms with van der Waals surface area (Å²) in [5, 5.41) is 0.0299. The number of hydrogen-bond donors (Lipinski definition) is 1. The number of sulfonamides is 1. The standard InChI is InChI=1S/C42H59ClN4O6S/c1-4-53-42(27-45-17-19-46(20-18-45)35-24-51-25-35)16-5-7-29(2)30(3)54(49,50)44-40(48)32-10-14-39-38(22-32)47(23-33-9-12-37(33)42)26-41(28-52-39)15-6-8-31-21-34(43)11-13-36(31)41/h10-11,13-14,21-22,29-30,33,35,37H,4-9,12,15-20,23-28H2,1-3H3,(H,44,48)/t29-,30+,33-,37+,41-,42-/m0/s1. The fraction of sp³-hybridized carbons (Fsp3) is 0.690. The highest BCUT2D eigenvalue weighted by Gasteiger charge is 2.51. The fourth-order valence-corrected chi connectivity index (χ4v) is 12.1. The molecule has 1 spiro atoms. The second kappa shape index (κ2) is 15.5. The molecule has 10 nitrogen and oxygen atoms in total. The molecule has 0 unspecified atom stereocenters. The summed E-state index contributed by atoms with van der Waals surface area (Å²) in [5.74, 6) is 0.753. The smallest absolute Gasteiger partial charge is 0.264 e. The summed E-state index contributed by atoms with van der Waals surface area (Å²) in [6, 6.07) is 12.3. The molecule has 54 heavy (non-hydrogen) atoms. The Hall–Kier alpha value is -2.41. The highest BCUT2D eigenvalue weighted by molar-refractivity contribution is 7.90. The number of carbonyl (C=O) groups is 1. The Labute approximate surface area is 327 Å². The van der Waals surface area contributed by atoms with Gasteiger partial charge in [-0.15, -0.1) is 0 Å². The van der Waals surface area contributed by atoms with Gasteiger partial charge in [0.1, 0.15) is 5.75 Å². The van der Waals surface area contributed by atoms with Crippen LogP contribution in [0.3, 0.4) is 0 Å². The lowest BCUT2D eigenvalue weighted by molar-refractivity contribution is -0.152. The fourth-order valence-electron chi connectivity index (χ4n) is 10.6. The summed E-state index contributed by atoms with van der Waals surface area (Å²) >= 11 is 6.52. The van der Waals surface area contributed by atoms with E-state index in [1.165, 1.54) is 11.1 Å². The zero-order valence-electron chi connectivity index (χ0n) is 32.4. The quantitative estimate of drug-likeness (QED) is 0.398. The number of piperazine rings is 1. The van der Waals surface area contributed by atoms with Crippen LogP contribution in [0.5, 0.6) is 5.75 Å². The van der Waals surface area contributed by atoms with Crippen LogP contribution in [0.25, 0.3) is 0 Å². The maximum atomic E-state index is 13.7. The third-order valence-corrected chi connectivity index (χ3v) is 16.2. The molecular weight excluding hydrogens is 724 g/mol. The number of nitrogens with zero attached hydrogens (tertiary/aromatic N) is 3. The number of ether oxygens (including phenoxy) is 3. The van der Waals surface area contributed by atoms with Crippen LogP contribution in [0.1, 0.15) is 87.2 Å². The monoisotopic (exact) mass is 782 g/mol. The average Bonchev–Trinajstić information content (AvgIpc) is 3.26. The van der Waals surface area contributed by atoms with Crippen molar-refractivity contribution in [2.75, 3.05) is 77.1 Å². The van der Waals surface area contributed by atoms with Gasteiger partial charge in [0.25, 0.3) is 5.91 Å². The number of aryl methyl sites for hydroxylation is 1. The molecule has 2 aliphatic carbocycles. The largest absolute Gasteiger partial charge is 0.490 e. The molecule has 8 rings (SSSR count). The summed E-state index contributed by atoms with van der Waals surface area (Å²) in [6.07, 6.45) is 7.73. The minimum absolute atomic E-state index is 0.131. The van der Waals surface area contributed by atoms with E-state index in [4.69, 9.17) is 25.8 Å². The molecule has 1 saturated carbocycles. The van der Waals surface area contributed by atoms with Crippen LogP contribution in [0.15, 0.2) is 36.4 Å². The highest BCUT2D eigenvalue weighted by Crippen LogP contribution is 2.50. The van der Waals surface area contributed by atoms with Crippen LogP contribution in [0.4, 0.5) is 5.69 Å². The first-order valence-corrected chi connectivity index (χ1v) is 22.5. The molecule has 12 heteroatoms. The highest BCUT2D eigenvalue weighted by atomic mass is 35.5. The molecule has 4 heterocycles. The summed E-state index contributed by atoms with van der Waals surface area (Å²) < 4.78 is 49.1. The Morgan fingerprint density at radius 2 is 1.81 bits per heavy atom. The zero-order valence-corrected chi connectivity index (χ0v) is 33.9. The van der Waals surface area contributed by atoms with E-state index in [9.17, 15) is 13.2 Å². The van der Waals surface area contributed by atoms with Crippen molar-refractivity contribution in [3.05, 3.63) is 58.1 Å². The van der Waals surface area contributed by atoms with Crippen molar-refractivity contribution in [3.63, 3.8) is 0 Å². The van der Waals surface area contributed by atoms with E-state index in [0.29, 0.717) is 36.7 Å². The Balaban J connectivity index is 1.16. The van der Waals surface area contributed by atoms with Crippen molar-refractivity contribution in [3.8, 4) is 5.75 Å². The molecule has 2 bridgehead atoms. The number of carbonyl (C=O) groups excluding carboxylic acids is 1. The van der Waals surface area contributed by atoms with Crippen molar-refractivity contribution in [1.29, 1.82) is 0 Å². The van der Waals surface area contributed by atoms with Crippen molar-refractivity contribution in [2.24, 2.45) is 17.8 Å². The molecule has 3 fully saturated rings. The minimum atomic E-state index is -3.92. The number of halogens is 1. The van der Waals surface area contributed by atoms with Crippen molar-refractivity contribution < 1.29 is 27.4 Å². The molecule has 4 aliphatic heterocycles. The van der Waals surface area contributed by atoms with Crippen LogP contribution in [0, 0.1) is 17.8 Å². The number of amides is 1. The summed E-state index contributed by atoms with van der Waals surface area (Å²) in [4.78, 5) is 21.4. The Bertz CT molecular complexity index is 1800. The van der Waals surface area contributed by atoms with Crippen LogP contribution < -0.4 is 14.4 Å². The van der Waals surface area contributed by atoms with Gasteiger partial charge in [-0.25, -0.2) is 13.1 Å². The van der Waals surface area contributed by atoms with Gasteiger partial charge in [-0.2, -0.15) is 0 Å². The molecule has 6 atom stereocenters. The Morgan fingerprint density at radius 1 is 1.00 bits per heavy atom. The van der Waals surface area contributed by atoms with Gasteiger partial charge in [-0.05, 0) is 118 Å². The topological polar surface area (TPSA) is 101 Å². The number of anilines is 1. The zero-order chi connectivity index (χ0) is 37.7. The number of rotatable bonds is 5. The van der Waals surface area contributed by atoms with E-state index >= 15 is 0 Å². The predicted octanol–water partition coefficient (Wildman–Crippen LogP) is 5.90. The van der Waals surface area contributed by atoms with E-state index in [-0.39, 0.29) is 16.9 Å². The SMILES string of the molecule is CCO[C@]1(CN2CCN(C3COC3)CC2)CCC[C@H](C)[C@@H](C)S(=O)(=O)NC(=O)c2ccc3c(c2)N(C[C@@H]2CC[C@H]21)C[C@@]1(CCCc2cc(Cl)ccc21)CO3. The molecule has 1 N–H and O–H groups in total. The maximum Gasteiger partial charge on any atom is 0.264 e. The van der Waals surface area contributed by atoms with Crippen molar-refractivity contribution in [1.82, 2.24) is 14.5 Å². The number of nitrogens with one attached hydrogen (secondary N) is 1. The second-order valence-electron chi connectivity index (χ2n) is 17.3. The van der Waals surface area contributed by atoms with Crippen LogP contribution >= 0.6 is 11.6 Å². The minimum Gasteiger partial charge on any atom is -0.490 e. The van der Waals surface area contributed by atoms with Gasteiger partial charge in [0.2, 0.25) is 10.0 Å². The third kappa shape index (κ3) is 7.42. The van der Waals surface area contributed by atoms with Gasteiger partial charge in [0.15, 0.2) is 0 Å². The van der Waals surface area contributed by atoms with E-state index in [1.54, 1.807) is 13.0 Å². The van der Waals surface area contributed by atoms with Gasteiger partial charge < -0.3 is 19.1 Å². The van der Waals surface area contributed by atoms with Gasteiger partial charge in [0.05, 0.1) is 42.4 Å². The number of hydrogen-bond acceptors (Lipinski definition) is 9. The number of fused-ring (bicyclic) bond motifs is 4. The summed E-state index contributed by atoms with van der Waals surface area (Å²) in [5.41, 5.74) is 3.17. The second-order valence-corrected chi connectivity index (χ2v) is 19.8. The summed E-state index contributed by atoms with van der Waals surface area (Å²) in [7, 11) is -3.92. The first kappa shape index (κ1) is 38.5. The van der Waals surface area contributed by atoms with E-state index < -0.39 is 21.2 Å². The number of benzene rings is 2. The first-order chi connectivity index (χ1) is 26.0. The van der Waals surface area contributed by atoms with E-state index in [1.807, 2.05) is 25.1 Å². The Morgan fingerprint density at radius 3 is 2.54 bits per heavy atom. The molecule has 2 saturated heterocycles. The molecule has 6 aliphatic rings. The van der Waals surface area contributed by atoms with Gasteiger partial charge in [0, 0.05) is 68.4 Å². The van der Waals surface area contributed by atoms with Crippen molar-refractivity contribution >= 4 is 33.2 Å². The Kier molecular flexibility index (Phi) is 11.0. The lowest BCUT2D eigenvalue weighted by Gasteiger charge is -2.54. The molecule has 1 amide bonds. The normalized spacial score (nSPS) is 33.7. The molecule has 296 valence electrons. The van der Waals surface area contributed by atoms with Crippen LogP contribution in [-0.2, 0) is 31.3 Å². The molecular formula is C42H59ClN4O6S. The van der Waals surface area contributed by atoms with Crippen molar-refractivity contribution in [2.45, 2.75) is 94.4 Å². The first-order valence-electron chi connectivity index (χ1n) is 20.5. The van der Waals surface area contributed by atoms with Gasteiger partial charge in [-0.3, -0.25) is 14.6 Å². The van der Waals surface area contributed by atoms with E-state index in [0.717, 1.165) is 127 Å². The van der Waals surface area contributed by atoms with E-state index in [2.05, 4.69) is 38.5 Å². The maximum absolute atomic E-state index is 13.7. The predicted molar refractivity (Wildman–Crippen MR) is 212 cm³/mol. The van der Waals surface area contributed by atoms with Crippen LogP contribution in [0.2, 0.25) is 5.02 Å². The lowest BCUT2D eigenvalue weighted by Crippen LogP contribution is -2.62. The summed E-state index contributed by atoms with van der Waals surface area (Å²) in [6.45, 7) is 15.3. The molecule has 2 aromatic carbocycles.